The van der Waals surface area contributed by atoms with E-state index in [0.717, 1.165) is 40.9 Å². The molecule has 1 fully saturated rings. The first-order valence-corrected chi connectivity index (χ1v) is 10.7. The molecule has 5 rings (SSSR count). The molecule has 0 atom stereocenters. The first-order valence-electron chi connectivity index (χ1n) is 9.14. The second-order valence-corrected chi connectivity index (χ2v) is 8.56. The molecule has 0 amide bonds. The Hall–Kier alpha value is -2.69. The van der Waals surface area contributed by atoms with Crippen LogP contribution in [0.25, 0.3) is 16.6 Å². The molecule has 7 nitrogen and oxygen atoms in total. The standard InChI is InChI=1S/C13H13BN2O2.C6H6FNO2S/c17-14-6-10(8-2-1-3-8)12-9-4-5-15-13(9)16-7-11(12)18-14;7-5-1-3-6(4-2-5)11(8,9)10/h4-8,17H,1-3H2,(H,15,16);1-4H,(H2,8,9,10). The normalized spacial score (nSPS) is 16.2. The van der Waals surface area contributed by atoms with Crippen molar-refractivity contribution in [2.45, 2.75) is 24.2 Å². The molecule has 0 radical (unpaired) electrons. The lowest BCUT2D eigenvalue weighted by molar-refractivity contribution is 0.390. The number of nitrogens with one attached hydrogen (secondary N) is 1. The van der Waals surface area contributed by atoms with Gasteiger partial charge < -0.3 is 14.7 Å². The van der Waals surface area contributed by atoms with Gasteiger partial charge in [-0.1, -0.05) is 6.42 Å². The Morgan fingerprint density at radius 3 is 2.59 bits per heavy atom. The van der Waals surface area contributed by atoms with Gasteiger partial charge in [0.05, 0.1) is 11.1 Å². The summed E-state index contributed by atoms with van der Waals surface area (Å²) in [6.07, 6.45) is 7.26. The molecule has 0 unspecified atom stereocenters. The molecule has 1 aromatic carbocycles. The molecule has 150 valence electrons. The number of benzene rings is 1. The van der Waals surface area contributed by atoms with Crippen LogP contribution in [0.1, 0.15) is 24.8 Å². The van der Waals surface area contributed by atoms with Crippen molar-refractivity contribution in [3.05, 3.63) is 60.1 Å². The van der Waals surface area contributed by atoms with E-state index in [0.29, 0.717) is 11.7 Å². The highest BCUT2D eigenvalue weighted by Gasteiger charge is 2.32. The summed E-state index contributed by atoms with van der Waals surface area (Å²) < 4.78 is 38.9. The number of nitrogens with zero attached hydrogens (tertiary/aromatic N) is 1. The molecule has 3 heterocycles. The third-order valence-electron chi connectivity index (χ3n) is 5.10. The van der Waals surface area contributed by atoms with Gasteiger partial charge in [-0.3, -0.25) is 0 Å². The average Bonchev–Trinajstić information content (AvgIpc) is 3.08. The Morgan fingerprint density at radius 2 is 1.97 bits per heavy atom. The summed E-state index contributed by atoms with van der Waals surface area (Å²) in [5, 5.41) is 15.6. The molecule has 1 aliphatic carbocycles. The van der Waals surface area contributed by atoms with E-state index in [2.05, 4.69) is 9.97 Å². The number of H-pyrrole nitrogens is 1. The van der Waals surface area contributed by atoms with E-state index >= 15 is 0 Å². The summed E-state index contributed by atoms with van der Waals surface area (Å²) in [6, 6.07) is 6.34. The second kappa shape index (κ2) is 7.62. The van der Waals surface area contributed by atoms with Crippen LogP contribution in [0.5, 0.6) is 5.75 Å². The number of halogens is 1. The Morgan fingerprint density at radius 1 is 1.24 bits per heavy atom. The lowest BCUT2D eigenvalue weighted by Gasteiger charge is -2.32. The topological polar surface area (TPSA) is 118 Å². The number of hydrogen-bond acceptors (Lipinski definition) is 5. The van der Waals surface area contributed by atoms with Crippen LogP contribution in [-0.4, -0.2) is 30.5 Å². The van der Waals surface area contributed by atoms with Gasteiger partial charge in [-0.2, -0.15) is 0 Å². The number of pyridine rings is 1. The maximum Gasteiger partial charge on any atom is 0.552 e. The molecule has 2 aliphatic rings. The fraction of sp³-hybridized carbons (Fsp3) is 0.211. The fourth-order valence-corrected chi connectivity index (χ4v) is 3.98. The van der Waals surface area contributed by atoms with Gasteiger partial charge in [0.15, 0.2) is 0 Å². The Labute approximate surface area is 167 Å². The van der Waals surface area contributed by atoms with Crippen LogP contribution in [0.2, 0.25) is 0 Å². The highest BCUT2D eigenvalue weighted by molar-refractivity contribution is 7.89. The Bertz CT molecular complexity index is 1170. The first kappa shape index (κ1) is 19.6. The number of fused-ring (bicyclic) bond motifs is 3. The Balaban J connectivity index is 0.000000161. The first-order chi connectivity index (χ1) is 13.8. The van der Waals surface area contributed by atoms with E-state index < -0.39 is 23.0 Å². The summed E-state index contributed by atoms with van der Waals surface area (Å²) in [5.74, 6) is 2.61. The third kappa shape index (κ3) is 4.05. The molecular weight excluding hydrogens is 396 g/mol. The lowest BCUT2D eigenvalue weighted by Crippen LogP contribution is -2.27. The summed E-state index contributed by atoms with van der Waals surface area (Å²) in [4.78, 5) is 7.34. The minimum atomic E-state index is -3.69. The molecule has 1 aliphatic heterocycles. The van der Waals surface area contributed by atoms with Crippen molar-refractivity contribution in [3.8, 4) is 5.75 Å². The van der Waals surface area contributed by atoms with E-state index in [1.165, 1.54) is 24.8 Å². The molecule has 1 saturated carbocycles. The van der Waals surface area contributed by atoms with Crippen molar-refractivity contribution >= 4 is 33.7 Å². The van der Waals surface area contributed by atoms with Gasteiger partial charge in [0.25, 0.3) is 0 Å². The fourth-order valence-electron chi connectivity index (χ4n) is 3.46. The number of primary sulfonamides is 1. The van der Waals surface area contributed by atoms with E-state index in [1.807, 2.05) is 18.2 Å². The summed E-state index contributed by atoms with van der Waals surface area (Å²) >= 11 is 0. The van der Waals surface area contributed by atoms with Crippen molar-refractivity contribution in [3.63, 3.8) is 0 Å². The summed E-state index contributed by atoms with van der Waals surface area (Å²) in [6.45, 7) is 0. The molecule has 0 spiro atoms. The van der Waals surface area contributed by atoms with Gasteiger partial charge in [-0.25, -0.2) is 22.9 Å². The van der Waals surface area contributed by atoms with Crippen LogP contribution in [0.3, 0.4) is 0 Å². The van der Waals surface area contributed by atoms with Crippen LogP contribution < -0.4 is 9.79 Å². The molecule has 10 heteroatoms. The number of rotatable bonds is 2. The van der Waals surface area contributed by atoms with Gasteiger partial charge in [-0.15, -0.1) is 0 Å². The van der Waals surface area contributed by atoms with Crippen molar-refractivity contribution in [1.29, 1.82) is 0 Å². The predicted molar refractivity (Wildman–Crippen MR) is 108 cm³/mol. The zero-order chi connectivity index (χ0) is 20.6. The van der Waals surface area contributed by atoms with Gasteiger partial charge in [0.1, 0.15) is 17.2 Å². The number of aromatic nitrogens is 2. The number of aromatic amines is 1. The molecule has 3 aromatic rings. The van der Waals surface area contributed by atoms with Gasteiger partial charge >= 0.3 is 7.12 Å². The van der Waals surface area contributed by atoms with E-state index in [1.54, 1.807) is 6.20 Å². The van der Waals surface area contributed by atoms with Gasteiger partial charge in [-0.05, 0) is 60.6 Å². The molecule has 0 bridgehead atoms. The number of allylic oxidation sites excluding steroid dienone is 1. The van der Waals surface area contributed by atoms with Crippen LogP contribution in [0.4, 0.5) is 4.39 Å². The minimum Gasteiger partial charge on any atom is -0.531 e. The largest absolute Gasteiger partial charge is 0.552 e. The quantitative estimate of drug-likeness (QED) is 0.556. The van der Waals surface area contributed by atoms with E-state index in [4.69, 9.17) is 9.79 Å². The zero-order valence-electron chi connectivity index (χ0n) is 15.4. The second-order valence-electron chi connectivity index (χ2n) is 6.99. The smallest absolute Gasteiger partial charge is 0.531 e. The van der Waals surface area contributed by atoms with Crippen molar-refractivity contribution in [2.24, 2.45) is 11.1 Å². The maximum atomic E-state index is 12.2. The van der Waals surface area contributed by atoms with Crippen molar-refractivity contribution in [1.82, 2.24) is 9.97 Å². The van der Waals surface area contributed by atoms with Gasteiger partial charge in [0, 0.05) is 17.1 Å². The minimum absolute atomic E-state index is 0.0844. The Kier molecular flexibility index (Phi) is 5.16. The van der Waals surface area contributed by atoms with Crippen molar-refractivity contribution < 1.29 is 22.5 Å². The average molecular weight is 415 g/mol. The van der Waals surface area contributed by atoms with Crippen molar-refractivity contribution in [2.75, 3.05) is 0 Å². The molecule has 4 N–H and O–H groups in total. The van der Waals surface area contributed by atoms with Crippen LogP contribution >= 0.6 is 0 Å². The summed E-state index contributed by atoms with van der Waals surface area (Å²) in [7, 11) is -4.53. The van der Waals surface area contributed by atoms with Crippen LogP contribution in [-0.2, 0) is 10.0 Å². The third-order valence-corrected chi connectivity index (χ3v) is 6.03. The van der Waals surface area contributed by atoms with E-state index in [9.17, 15) is 17.8 Å². The molecular formula is C19H19BFN3O4S. The number of nitrogens with two attached hydrogens (primary N) is 1. The predicted octanol–water partition coefficient (Wildman–Crippen LogP) is 2.63. The van der Waals surface area contributed by atoms with Gasteiger partial charge in [0.2, 0.25) is 10.0 Å². The number of hydrogen-bond donors (Lipinski definition) is 3. The van der Waals surface area contributed by atoms with Crippen LogP contribution in [0, 0.1) is 11.7 Å². The lowest BCUT2D eigenvalue weighted by atomic mass is 9.70. The maximum absolute atomic E-state index is 12.2. The molecule has 0 saturated heterocycles. The monoisotopic (exact) mass is 415 g/mol. The van der Waals surface area contributed by atoms with Crippen LogP contribution in [0.15, 0.2) is 53.6 Å². The highest BCUT2D eigenvalue weighted by Crippen LogP contribution is 2.45. The molecule has 29 heavy (non-hydrogen) atoms. The zero-order valence-corrected chi connectivity index (χ0v) is 16.2. The van der Waals surface area contributed by atoms with E-state index in [-0.39, 0.29) is 4.90 Å². The SMILES string of the molecule is NS(=O)(=O)c1ccc(F)cc1.OB1C=C(C2CCC2)c2c(cnc3[nH]ccc23)O1. The molecule has 2 aromatic heterocycles. The number of sulfonamides is 1. The summed E-state index contributed by atoms with van der Waals surface area (Å²) in [5.41, 5.74) is 3.21. The highest BCUT2D eigenvalue weighted by atomic mass is 32.2.